The van der Waals surface area contributed by atoms with Crippen LogP contribution in [0.2, 0.25) is 0 Å². The summed E-state index contributed by atoms with van der Waals surface area (Å²) in [5.41, 5.74) is 4.58. The maximum Gasteiger partial charge on any atom is 0.131 e. The molecular formula is C21H23NO. The molecule has 1 aromatic heterocycles. The predicted octanol–water partition coefficient (Wildman–Crippen LogP) is 5.46. The van der Waals surface area contributed by atoms with E-state index in [1.807, 2.05) is 12.1 Å². The molecule has 1 heterocycles. The zero-order chi connectivity index (χ0) is 16.1. The van der Waals surface area contributed by atoms with Crippen molar-refractivity contribution in [3.8, 4) is 5.75 Å². The number of ether oxygens (including phenoxy) is 1. The van der Waals surface area contributed by atoms with Crippen LogP contribution in [0, 0.1) is 6.92 Å². The zero-order valence-electron chi connectivity index (χ0n) is 13.9. The molecule has 2 nitrogen and oxygen atoms in total. The summed E-state index contributed by atoms with van der Waals surface area (Å²) in [7, 11) is 0. The van der Waals surface area contributed by atoms with Gasteiger partial charge in [0, 0.05) is 17.1 Å². The van der Waals surface area contributed by atoms with Crippen LogP contribution in [-0.2, 0) is 13.0 Å². The fourth-order valence-electron chi connectivity index (χ4n) is 2.65. The first-order chi connectivity index (χ1) is 11.3. The van der Waals surface area contributed by atoms with Gasteiger partial charge < -0.3 is 4.74 Å². The van der Waals surface area contributed by atoms with E-state index in [4.69, 9.17) is 9.72 Å². The first kappa shape index (κ1) is 15.5. The van der Waals surface area contributed by atoms with Crippen molar-refractivity contribution in [1.29, 1.82) is 0 Å². The average molecular weight is 305 g/mol. The van der Waals surface area contributed by atoms with E-state index in [9.17, 15) is 0 Å². The molecule has 3 aromatic rings. The lowest BCUT2D eigenvalue weighted by Gasteiger charge is -2.12. The van der Waals surface area contributed by atoms with Crippen molar-refractivity contribution >= 4 is 10.9 Å². The van der Waals surface area contributed by atoms with Crippen LogP contribution in [0.1, 0.15) is 36.6 Å². The molecule has 0 bridgehead atoms. The quantitative estimate of drug-likeness (QED) is 0.603. The number of benzene rings is 2. The number of para-hydroxylation sites is 1. The van der Waals surface area contributed by atoms with Crippen LogP contribution < -0.4 is 4.74 Å². The minimum atomic E-state index is 0.585. The molecule has 0 radical (unpaired) electrons. The first-order valence-electron chi connectivity index (χ1n) is 8.33. The second-order valence-corrected chi connectivity index (χ2v) is 6.01. The van der Waals surface area contributed by atoms with Gasteiger partial charge in [0.2, 0.25) is 0 Å². The van der Waals surface area contributed by atoms with Gasteiger partial charge in [0.15, 0.2) is 0 Å². The highest BCUT2D eigenvalue weighted by Crippen LogP contribution is 2.27. The molecule has 3 rings (SSSR count). The third-order valence-electron chi connectivity index (χ3n) is 4.03. The van der Waals surface area contributed by atoms with E-state index >= 15 is 0 Å². The highest BCUT2D eigenvalue weighted by Gasteiger charge is 2.07. The molecule has 0 spiro atoms. The van der Waals surface area contributed by atoms with E-state index in [1.165, 1.54) is 17.5 Å². The molecule has 2 aromatic carbocycles. The zero-order valence-corrected chi connectivity index (χ0v) is 13.9. The van der Waals surface area contributed by atoms with Crippen LogP contribution in [0.15, 0.2) is 54.6 Å². The molecule has 118 valence electrons. The third kappa shape index (κ3) is 3.89. The number of nitrogens with zero attached hydrogens (tertiary/aromatic N) is 1. The predicted molar refractivity (Wildman–Crippen MR) is 95.9 cm³/mol. The van der Waals surface area contributed by atoms with Crippen molar-refractivity contribution < 1.29 is 4.74 Å². The van der Waals surface area contributed by atoms with Crippen LogP contribution in [0.25, 0.3) is 10.9 Å². The summed E-state index contributed by atoms with van der Waals surface area (Å²) < 4.78 is 6.13. The second-order valence-electron chi connectivity index (χ2n) is 6.01. The van der Waals surface area contributed by atoms with Gasteiger partial charge in [0.25, 0.3) is 0 Å². The number of hydrogen-bond donors (Lipinski definition) is 0. The summed E-state index contributed by atoms with van der Waals surface area (Å²) in [5, 5.41) is 1.08. The van der Waals surface area contributed by atoms with E-state index in [2.05, 4.69) is 56.3 Å². The Morgan fingerprint density at radius 1 is 1.00 bits per heavy atom. The second kappa shape index (κ2) is 7.28. The van der Waals surface area contributed by atoms with E-state index in [1.54, 1.807) is 0 Å². The van der Waals surface area contributed by atoms with Gasteiger partial charge in [0.05, 0.1) is 5.52 Å². The number of rotatable bonds is 6. The van der Waals surface area contributed by atoms with E-state index in [-0.39, 0.29) is 0 Å². The minimum Gasteiger partial charge on any atom is -0.488 e. The van der Waals surface area contributed by atoms with Gasteiger partial charge in [-0.1, -0.05) is 55.3 Å². The largest absolute Gasteiger partial charge is 0.488 e. The fourth-order valence-corrected chi connectivity index (χ4v) is 2.65. The Balaban J connectivity index is 1.86. The average Bonchev–Trinajstić information content (AvgIpc) is 2.59. The maximum atomic E-state index is 6.13. The maximum absolute atomic E-state index is 6.13. The fraction of sp³-hybridized carbons (Fsp3) is 0.286. The number of hydrogen-bond acceptors (Lipinski definition) is 2. The summed E-state index contributed by atoms with van der Waals surface area (Å²) in [4.78, 5) is 4.76. The van der Waals surface area contributed by atoms with Crippen molar-refractivity contribution in [2.75, 3.05) is 0 Å². The number of unbranched alkanes of at least 4 members (excludes halogenated alkanes) is 1. The summed E-state index contributed by atoms with van der Waals surface area (Å²) in [6.45, 7) is 4.89. The van der Waals surface area contributed by atoms with Gasteiger partial charge in [-0.2, -0.15) is 0 Å². The Hall–Kier alpha value is -2.35. The summed E-state index contributed by atoms with van der Waals surface area (Å²) in [6, 6.07) is 18.8. The van der Waals surface area contributed by atoms with Crippen molar-refractivity contribution in [2.24, 2.45) is 0 Å². The van der Waals surface area contributed by atoms with Gasteiger partial charge in [-0.15, -0.1) is 0 Å². The van der Waals surface area contributed by atoms with Crippen LogP contribution in [0.4, 0.5) is 0 Å². The molecule has 0 aliphatic heterocycles. The van der Waals surface area contributed by atoms with Crippen LogP contribution in [-0.4, -0.2) is 4.98 Å². The topological polar surface area (TPSA) is 22.1 Å². The Kier molecular flexibility index (Phi) is 4.92. The molecule has 2 heteroatoms. The highest BCUT2D eigenvalue weighted by atomic mass is 16.5. The molecule has 0 aliphatic carbocycles. The van der Waals surface area contributed by atoms with Gasteiger partial charge in [0.1, 0.15) is 12.4 Å². The molecular weight excluding hydrogens is 282 g/mol. The van der Waals surface area contributed by atoms with Gasteiger partial charge >= 0.3 is 0 Å². The monoisotopic (exact) mass is 305 g/mol. The number of aryl methyl sites for hydroxylation is 2. The molecule has 0 N–H and O–H groups in total. The van der Waals surface area contributed by atoms with Gasteiger partial charge in [-0.3, -0.25) is 4.98 Å². The van der Waals surface area contributed by atoms with Crippen LogP contribution >= 0.6 is 0 Å². The van der Waals surface area contributed by atoms with Crippen LogP contribution in [0.5, 0.6) is 5.75 Å². The van der Waals surface area contributed by atoms with Crippen molar-refractivity contribution in [2.45, 2.75) is 39.7 Å². The lowest BCUT2D eigenvalue weighted by molar-refractivity contribution is 0.309. The van der Waals surface area contributed by atoms with E-state index < -0.39 is 0 Å². The Morgan fingerprint density at radius 2 is 1.78 bits per heavy atom. The Morgan fingerprint density at radius 3 is 2.57 bits per heavy atom. The molecule has 23 heavy (non-hydrogen) atoms. The van der Waals surface area contributed by atoms with E-state index in [0.717, 1.165) is 35.2 Å². The summed E-state index contributed by atoms with van der Waals surface area (Å²) in [6.07, 6.45) is 3.33. The first-order valence-corrected chi connectivity index (χ1v) is 8.33. The lowest BCUT2D eigenvalue weighted by atomic mass is 10.1. The summed E-state index contributed by atoms with van der Waals surface area (Å²) >= 11 is 0. The standard InChI is InChI=1S/C21H23NO/c1-3-4-7-18-14-21(19-8-5-6-9-20(19)22-18)23-15-17-12-10-16(2)11-13-17/h5-6,8-14H,3-4,7,15H2,1-2H3. The van der Waals surface area contributed by atoms with Crippen molar-refractivity contribution in [3.05, 3.63) is 71.4 Å². The van der Waals surface area contributed by atoms with E-state index in [0.29, 0.717) is 6.61 Å². The Bertz CT molecular complexity index is 777. The molecule has 0 fully saturated rings. The summed E-state index contributed by atoms with van der Waals surface area (Å²) in [5.74, 6) is 0.933. The highest BCUT2D eigenvalue weighted by molar-refractivity contribution is 5.85. The molecule has 0 saturated heterocycles. The SMILES string of the molecule is CCCCc1cc(OCc2ccc(C)cc2)c2ccccc2n1. The minimum absolute atomic E-state index is 0.585. The number of aromatic nitrogens is 1. The van der Waals surface area contributed by atoms with Gasteiger partial charge in [-0.05, 0) is 37.5 Å². The molecule has 0 atom stereocenters. The van der Waals surface area contributed by atoms with Gasteiger partial charge in [-0.25, -0.2) is 0 Å². The van der Waals surface area contributed by atoms with Crippen LogP contribution in [0.3, 0.4) is 0 Å². The molecule has 0 saturated carbocycles. The van der Waals surface area contributed by atoms with Crippen molar-refractivity contribution in [3.63, 3.8) is 0 Å². The lowest BCUT2D eigenvalue weighted by Crippen LogP contribution is -1.99. The number of pyridine rings is 1. The molecule has 0 aliphatic rings. The normalized spacial score (nSPS) is 10.9. The third-order valence-corrected chi connectivity index (χ3v) is 4.03. The molecule has 0 amide bonds. The smallest absolute Gasteiger partial charge is 0.131 e. The number of fused-ring (bicyclic) bond motifs is 1. The molecule has 0 unspecified atom stereocenters. The Labute approximate surface area is 138 Å². The van der Waals surface area contributed by atoms with Crippen molar-refractivity contribution in [1.82, 2.24) is 4.98 Å².